The number of fused-ring (bicyclic) bond motifs is 1. The Bertz CT molecular complexity index is 578. The quantitative estimate of drug-likeness (QED) is 0.811. The van der Waals surface area contributed by atoms with Gasteiger partial charge in [-0.2, -0.15) is 4.52 Å². The Hall–Kier alpha value is -2.18. The van der Waals surface area contributed by atoms with Gasteiger partial charge >= 0.3 is 5.97 Å². The molecule has 2 rings (SSSR count). The van der Waals surface area contributed by atoms with E-state index >= 15 is 0 Å². The normalized spacial score (nSPS) is 10.6. The van der Waals surface area contributed by atoms with Crippen molar-refractivity contribution in [1.82, 2.24) is 19.6 Å². The second-order valence-corrected chi connectivity index (χ2v) is 3.58. The molecule has 7 heteroatoms. The van der Waals surface area contributed by atoms with E-state index in [0.717, 1.165) is 0 Å². The number of ether oxygens (including phenoxy) is 1. The van der Waals surface area contributed by atoms with Crippen LogP contribution in [0.4, 0.5) is 5.95 Å². The number of esters is 1. The first kappa shape index (κ1) is 12.3. The largest absolute Gasteiger partial charge is 0.462 e. The first-order valence-corrected chi connectivity index (χ1v) is 5.80. The van der Waals surface area contributed by atoms with E-state index in [4.69, 9.17) is 4.74 Å². The van der Waals surface area contributed by atoms with Crippen LogP contribution in [-0.2, 0) is 11.2 Å². The standard InChI is InChI=1S/C11H15N5O2/c1-4-8-14-9-7(10(17)18-5-2)6-13-11(12-3)16(9)15-8/h6H,4-5H2,1-3H3,(H,12,13). The lowest BCUT2D eigenvalue weighted by molar-refractivity contribution is 0.0527. The molecule has 2 aromatic rings. The van der Waals surface area contributed by atoms with Gasteiger partial charge in [0.25, 0.3) is 0 Å². The van der Waals surface area contributed by atoms with E-state index in [9.17, 15) is 4.79 Å². The fourth-order valence-electron chi connectivity index (χ4n) is 1.59. The predicted octanol–water partition coefficient (Wildman–Crippen LogP) is 0.905. The molecule has 2 heterocycles. The van der Waals surface area contributed by atoms with Crippen molar-refractivity contribution in [2.45, 2.75) is 20.3 Å². The lowest BCUT2D eigenvalue weighted by atomic mass is 10.3. The second-order valence-electron chi connectivity index (χ2n) is 3.58. The lowest BCUT2D eigenvalue weighted by Crippen LogP contribution is -2.11. The number of carbonyl (C=O) groups is 1. The number of nitrogens with one attached hydrogen (secondary N) is 1. The number of carbonyl (C=O) groups excluding carboxylic acids is 1. The predicted molar refractivity (Wildman–Crippen MR) is 65.7 cm³/mol. The Morgan fingerprint density at radius 2 is 2.28 bits per heavy atom. The molecule has 7 nitrogen and oxygen atoms in total. The first-order chi connectivity index (χ1) is 8.71. The van der Waals surface area contributed by atoms with Crippen LogP contribution in [0.3, 0.4) is 0 Å². The molecule has 0 fully saturated rings. The van der Waals surface area contributed by atoms with Gasteiger partial charge < -0.3 is 10.1 Å². The van der Waals surface area contributed by atoms with Crippen molar-refractivity contribution in [2.75, 3.05) is 19.0 Å². The number of anilines is 1. The third kappa shape index (κ3) is 1.99. The number of aromatic nitrogens is 4. The fourth-order valence-corrected chi connectivity index (χ4v) is 1.59. The molecule has 2 aromatic heterocycles. The third-order valence-corrected chi connectivity index (χ3v) is 2.44. The third-order valence-electron chi connectivity index (χ3n) is 2.44. The molecule has 0 atom stereocenters. The minimum atomic E-state index is -0.437. The van der Waals surface area contributed by atoms with Gasteiger partial charge in [0.15, 0.2) is 11.5 Å². The van der Waals surface area contributed by atoms with Crippen LogP contribution in [0, 0.1) is 0 Å². The molecule has 0 amide bonds. The van der Waals surface area contributed by atoms with Crippen LogP contribution in [0.25, 0.3) is 5.65 Å². The summed E-state index contributed by atoms with van der Waals surface area (Å²) < 4.78 is 6.49. The van der Waals surface area contributed by atoms with Gasteiger partial charge in [-0.1, -0.05) is 6.92 Å². The summed E-state index contributed by atoms with van der Waals surface area (Å²) in [5, 5.41) is 7.18. The van der Waals surface area contributed by atoms with Crippen LogP contribution in [0.15, 0.2) is 6.20 Å². The molecule has 0 unspecified atom stereocenters. The van der Waals surface area contributed by atoms with Crippen molar-refractivity contribution in [1.29, 1.82) is 0 Å². The van der Waals surface area contributed by atoms with E-state index in [-0.39, 0.29) is 0 Å². The molecule has 0 aliphatic heterocycles. The van der Waals surface area contributed by atoms with Crippen LogP contribution in [0.2, 0.25) is 0 Å². The van der Waals surface area contributed by atoms with Crippen LogP contribution in [0.1, 0.15) is 30.0 Å². The highest BCUT2D eigenvalue weighted by Gasteiger charge is 2.17. The summed E-state index contributed by atoms with van der Waals surface area (Å²) in [6, 6.07) is 0. The summed E-state index contributed by atoms with van der Waals surface area (Å²) in [4.78, 5) is 20.2. The van der Waals surface area contributed by atoms with Crippen molar-refractivity contribution in [3.63, 3.8) is 0 Å². The topological polar surface area (TPSA) is 81.4 Å². The maximum atomic E-state index is 11.8. The lowest BCUT2D eigenvalue weighted by Gasteiger charge is -2.05. The summed E-state index contributed by atoms with van der Waals surface area (Å²) in [6.07, 6.45) is 2.14. The Balaban J connectivity index is 2.61. The molecule has 0 bridgehead atoms. The van der Waals surface area contributed by atoms with Gasteiger partial charge in [-0.25, -0.2) is 14.8 Å². The molecule has 0 aromatic carbocycles. The number of aryl methyl sites for hydroxylation is 1. The van der Waals surface area contributed by atoms with E-state index in [1.165, 1.54) is 10.7 Å². The molecule has 18 heavy (non-hydrogen) atoms. The molecule has 0 aliphatic rings. The average Bonchev–Trinajstić information content (AvgIpc) is 2.81. The molecule has 96 valence electrons. The van der Waals surface area contributed by atoms with E-state index in [1.807, 2.05) is 6.92 Å². The highest BCUT2D eigenvalue weighted by atomic mass is 16.5. The van der Waals surface area contributed by atoms with Crippen molar-refractivity contribution in [2.24, 2.45) is 0 Å². The summed E-state index contributed by atoms with van der Waals surface area (Å²) in [5.74, 6) is 0.753. The minimum Gasteiger partial charge on any atom is -0.462 e. The maximum Gasteiger partial charge on any atom is 0.343 e. The average molecular weight is 249 g/mol. The second kappa shape index (κ2) is 4.99. The number of rotatable bonds is 4. The Morgan fingerprint density at radius 1 is 1.50 bits per heavy atom. The molecule has 0 saturated heterocycles. The summed E-state index contributed by atoms with van der Waals surface area (Å²) in [7, 11) is 1.74. The zero-order valence-electron chi connectivity index (χ0n) is 10.6. The Morgan fingerprint density at radius 3 is 2.89 bits per heavy atom. The van der Waals surface area contributed by atoms with Gasteiger partial charge in [-0.3, -0.25) is 0 Å². The van der Waals surface area contributed by atoms with Gasteiger partial charge in [-0.15, -0.1) is 5.10 Å². The van der Waals surface area contributed by atoms with E-state index in [2.05, 4.69) is 20.4 Å². The maximum absolute atomic E-state index is 11.8. The van der Waals surface area contributed by atoms with Crippen molar-refractivity contribution in [3.8, 4) is 0 Å². The van der Waals surface area contributed by atoms with Gasteiger partial charge in [0, 0.05) is 19.7 Å². The smallest absolute Gasteiger partial charge is 0.343 e. The molecule has 0 spiro atoms. The molecule has 0 saturated carbocycles. The number of hydrogen-bond acceptors (Lipinski definition) is 6. The fraction of sp³-hybridized carbons (Fsp3) is 0.455. The Labute approximate surface area is 104 Å². The monoisotopic (exact) mass is 249 g/mol. The molecular formula is C11H15N5O2. The zero-order chi connectivity index (χ0) is 13.1. The summed E-state index contributed by atoms with van der Waals surface area (Å²) >= 11 is 0. The van der Waals surface area contributed by atoms with Gasteiger partial charge in [0.1, 0.15) is 5.56 Å². The summed E-state index contributed by atoms with van der Waals surface area (Å²) in [5.41, 5.74) is 0.785. The van der Waals surface area contributed by atoms with Crippen LogP contribution in [-0.4, -0.2) is 39.2 Å². The molecule has 0 radical (unpaired) electrons. The van der Waals surface area contributed by atoms with E-state index in [0.29, 0.717) is 36.0 Å². The minimum absolute atomic E-state index is 0.313. The van der Waals surface area contributed by atoms with Gasteiger partial charge in [0.05, 0.1) is 6.61 Å². The first-order valence-electron chi connectivity index (χ1n) is 5.80. The zero-order valence-corrected chi connectivity index (χ0v) is 10.6. The molecule has 1 N–H and O–H groups in total. The highest BCUT2D eigenvalue weighted by molar-refractivity contribution is 5.95. The van der Waals surface area contributed by atoms with Gasteiger partial charge in [-0.05, 0) is 6.92 Å². The summed E-state index contributed by atoms with van der Waals surface area (Å²) in [6.45, 7) is 4.02. The molecule has 0 aliphatic carbocycles. The SMILES string of the molecule is CCOC(=O)c1cnc(NC)n2nc(CC)nc12. The van der Waals surface area contributed by atoms with Crippen molar-refractivity contribution < 1.29 is 9.53 Å². The number of hydrogen-bond donors (Lipinski definition) is 1. The number of nitrogens with zero attached hydrogens (tertiary/aromatic N) is 4. The van der Waals surface area contributed by atoms with Crippen molar-refractivity contribution >= 4 is 17.6 Å². The van der Waals surface area contributed by atoms with E-state index < -0.39 is 5.97 Å². The van der Waals surface area contributed by atoms with Crippen LogP contribution in [0.5, 0.6) is 0 Å². The molecular weight excluding hydrogens is 234 g/mol. The van der Waals surface area contributed by atoms with Crippen LogP contribution < -0.4 is 5.32 Å². The van der Waals surface area contributed by atoms with Gasteiger partial charge in [0.2, 0.25) is 5.95 Å². The van der Waals surface area contributed by atoms with Crippen molar-refractivity contribution in [3.05, 3.63) is 17.6 Å². The Kier molecular flexibility index (Phi) is 3.40. The van der Waals surface area contributed by atoms with E-state index in [1.54, 1.807) is 14.0 Å². The van der Waals surface area contributed by atoms with Crippen LogP contribution >= 0.6 is 0 Å². The highest BCUT2D eigenvalue weighted by Crippen LogP contribution is 2.14.